The van der Waals surface area contributed by atoms with Crippen molar-refractivity contribution in [3.8, 4) is 11.6 Å². The third kappa shape index (κ3) is 2.97. The van der Waals surface area contributed by atoms with Gasteiger partial charge in [0.2, 0.25) is 5.88 Å². The number of carboxylic acid groups (broad SMARTS) is 1. The van der Waals surface area contributed by atoms with E-state index in [2.05, 4.69) is 4.98 Å². The zero-order valence-electron chi connectivity index (χ0n) is 11.4. The van der Waals surface area contributed by atoms with Gasteiger partial charge in [0, 0.05) is 11.8 Å². The van der Waals surface area contributed by atoms with Crippen LogP contribution in [0, 0.1) is 24.0 Å². The number of ether oxygens (including phenoxy) is 1. The molecule has 0 bridgehead atoms. The van der Waals surface area contributed by atoms with Crippen molar-refractivity contribution in [3.05, 3.63) is 57.3 Å². The molecule has 1 aromatic carbocycles. The van der Waals surface area contributed by atoms with Crippen molar-refractivity contribution < 1.29 is 19.6 Å². The van der Waals surface area contributed by atoms with Gasteiger partial charge in [0.25, 0.3) is 5.69 Å². The largest absolute Gasteiger partial charge is 0.477 e. The molecule has 108 valence electrons. The van der Waals surface area contributed by atoms with E-state index in [1.165, 1.54) is 31.2 Å². The van der Waals surface area contributed by atoms with Gasteiger partial charge in [0.15, 0.2) is 0 Å². The first-order valence-corrected chi connectivity index (χ1v) is 6.03. The highest BCUT2D eigenvalue weighted by Crippen LogP contribution is 2.31. The number of nitro benzene ring substituents is 1. The topological polar surface area (TPSA) is 103 Å². The Morgan fingerprint density at radius 3 is 2.62 bits per heavy atom. The molecule has 1 N–H and O–H groups in total. The van der Waals surface area contributed by atoms with Crippen LogP contribution in [0.2, 0.25) is 0 Å². The fraction of sp³-hybridized carbons (Fsp3) is 0.143. The summed E-state index contributed by atoms with van der Waals surface area (Å²) in [4.78, 5) is 25.6. The van der Waals surface area contributed by atoms with Crippen molar-refractivity contribution in [2.45, 2.75) is 13.8 Å². The minimum Gasteiger partial charge on any atom is -0.477 e. The van der Waals surface area contributed by atoms with Gasteiger partial charge >= 0.3 is 5.97 Å². The van der Waals surface area contributed by atoms with E-state index in [0.717, 1.165) is 0 Å². The first-order chi connectivity index (χ1) is 9.90. The van der Waals surface area contributed by atoms with Gasteiger partial charge in [-0.2, -0.15) is 0 Å². The van der Waals surface area contributed by atoms with Crippen molar-refractivity contribution in [2.75, 3.05) is 0 Å². The van der Waals surface area contributed by atoms with Crippen LogP contribution in [0.5, 0.6) is 11.6 Å². The number of aromatic nitrogens is 1. The minimum absolute atomic E-state index is 0.0916. The lowest BCUT2D eigenvalue weighted by Gasteiger charge is -2.10. The number of hydrogen-bond acceptors (Lipinski definition) is 5. The second kappa shape index (κ2) is 5.58. The summed E-state index contributed by atoms with van der Waals surface area (Å²) in [5.41, 5.74) is 0.684. The molecule has 0 atom stereocenters. The third-order valence-electron chi connectivity index (χ3n) is 2.89. The molecule has 0 aliphatic carbocycles. The summed E-state index contributed by atoms with van der Waals surface area (Å²) in [7, 11) is 0. The monoisotopic (exact) mass is 288 g/mol. The molecule has 1 aromatic heterocycles. The molecule has 0 aliphatic heterocycles. The Labute approximate surface area is 120 Å². The molecule has 0 unspecified atom stereocenters. The summed E-state index contributed by atoms with van der Waals surface area (Å²) in [6.45, 7) is 3.22. The number of aromatic carboxylic acids is 1. The van der Waals surface area contributed by atoms with Crippen LogP contribution in [-0.2, 0) is 0 Å². The molecular weight excluding hydrogens is 276 g/mol. The number of rotatable bonds is 4. The van der Waals surface area contributed by atoms with Gasteiger partial charge in [-0.25, -0.2) is 9.78 Å². The average Bonchev–Trinajstić information content (AvgIpc) is 2.40. The molecule has 7 nitrogen and oxygen atoms in total. The zero-order chi connectivity index (χ0) is 15.6. The quantitative estimate of drug-likeness (QED) is 0.685. The van der Waals surface area contributed by atoms with Crippen LogP contribution in [0.4, 0.5) is 5.69 Å². The summed E-state index contributed by atoms with van der Waals surface area (Å²) in [6.07, 6.45) is 0. The average molecular weight is 288 g/mol. The van der Waals surface area contributed by atoms with E-state index in [-0.39, 0.29) is 22.9 Å². The maximum atomic E-state index is 11.2. The fourth-order valence-electron chi connectivity index (χ4n) is 1.79. The maximum absolute atomic E-state index is 11.2. The van der Waals surface area contributed by atoms with Crippen molar-refractivity contribution in [1.29, 1.82) is 0 Å². The van der Waals surface area contributed by atoms with Crippen LogP contribution in [-0.4, -0.2) is 21.0 Å². The Hall–Kier alpha value is -2.96. The summed E-state index contributed by atoms with van der Waals surface area (Å²) in [5, 5.41) is 20.0. The fourth-order valence-corrected chi connectivity index (χ4v) is 1.79. The number of pyridine rings is 1. The van der Waals surface area contributed by atoms with Crippen LogP contribution < -0.4 is 4.74 Å². The Morgan fingerprint density at radius 1 is 1.29 bits per heavy atom. The summed E-state index contributed by atoms with van der Waals surface area (Å²) < 4.78 is 5.48. The number of aryl methyl sites for hydroxylation is 1. The normalized spacial score (nSPS) is 10.2. The van der Waals surface area contributed by atoms with Gasteiger partial charge in [-0.3, -0.25) is 10.1 Å². The Kier molecular flexibility index (Phi) is 3.84. The highest BCUT2D eigenvalue weighted by molar-refractivity contribution is 5.90. The highest BCUT2D eigenvalue weighted by Gasteiger charge is 2.18. The number of benzene rings is 1. The van der Waals surface area contributed by atoms with Gasteiger partial charge in [-0.05, 0) is 32.0 Å². The first-order valence-electron chi connectivity index (χ1n) is 6.03. The molecule has 0 saturated carbocycles. The number of nitro groups is 1. The molecule has 0 amide bonds. The summed E-state index contributed by atoms with van der Waals surface area (Å²) in [6, 6.07) is 7.28. The van der Waals surface area contributed by atoms with Crippen LogP contribution in [0.1, 0.15) is 21.6 Å². The number of hydrogen-bond donors (Lipinski definition) is 1. The summed E-state index contributed by atoms with van der Waals surface area (Å²) in [5.74, 6) is -1.07. The molecule has 1 heterocycles. The summed E-state index contributed by atoms with van der Waals surface area (Å²) >= 11 is 0. The molecule has 2 aromatic rings. The predicted octanol–water partition coefficient (Wildman–Crippen LogP) is 3.10. The SMILES string of the molecule is Cc1ccc(C(=O)O)c(Oc2cccc([N+](=O)[O-])c2C)n1. The van der Waals surface area contributed by atoms with E-state index in [9.17, 15) is 14.9 Å². The molecule has 0 saturated heterocycles. The number of carboxylic acids is 1. The van der Waals surface area contributed by atoms with E-state index >= 15 is 0 Å². The first kappa shape index (κ1) is 14.4. The van der Waals surface area contributed by atoms with Crippen molar-refractivity contribution in [3.63, 3.8) is 0 Å². The van der Waals surface area contributed by atoms with Gasteiger partial charge in [0.05, 0.1) is 10.5 Å². The van der Waals surface area contributed by atoms with Crippen LogP contribution in [0.15, 0.2) is 30.3 Å². The molecule has 0 fully saturated rings. The second-order valence-corrected chi connectivity index (χ2v) is 4.37. The molecule has 2 rings (SSSR count). The smallest absolute Gasteiger partial charge is 0.341 e. The van der Waals surface area contributed by atoms with E-state index in [4.69, 9.17) is 9.84 Å². The Morgan fingerprint density at radius 2 is 2.00 bits per heavy atom. The minimum atomic E-state index is -1.18. The lowest BCUT2D eigenvalue weighted by molar-refractivity contribution is -0.385. The molecule has 21 heavy (non-hydrogen) atoms. The molecule has 0 aliphatic rings. The third-order valence-corrected chi connectivity index (χ3v) is 2.89. The number of carbonyl (C=O) groups is 1. The lowest BCUT2D eigenvalue weighted by Crippen LogP contribution is -2.04. The predicted molar refractivity (Wildman–Crippen MR) is 73.8 cm³/mol. The lowest BCUT2D eigenvalue weighted by atomic mass is 10.2. The van der Waals surface area contributed by atoms with Crippen LogP contribution in [0.25, 0.3) is 0 Å². The molecule has 0 spiro atoms. The zero-order valence-corrected chi connectivity index (χ0v) is 11.4. The van der Waals surface area contributed by atoms with Gasteiger partial charge in [-0.1, -0.05) is 6.07 Å². The molecule has 7 heteroatoms. The standard InChI is InChI=1S/C14H12N2O5/c1-8-6-7-10(14(17)18)13(15-8)21-12-5-3-4-11(9(12)2)16(19)20/h3-7H,1-2H3,(H,17,18). The van der Waals surface area contributed by atoms with Crippen molar-refractivity contribution in [2.24, 2.45) is 0 Å². The molecule has 0 radical (unpaired) electrons. The van der Waals surface area contributed by atoms with E-state index < -0.39 is 10.9 Å². The second-order valence-electron chi connectivity index (χ2n) is 4.37. The van der Waals surface area contributed by atoms with Gasteiger partial charge in [0.1, 0.15) is 11.3 Å². The number of nitrogens with zero attached hydrogens (tertiary/aromatic N) is 2. The Balaban J connectivity index is 2.48. The van der Waals surface area contributed by atoms with Gasteiger partial charge in [-0.15, -0.1) is 0 Å². The molecular formula is C14H12N2O5. The Bertz CT molecular complexity index is 727. The van der Waals surface area contributed by atoms with Gasteiger partial charge < -0.3 is 9.84 Å². The van der Waals surface area contributed by atoms with Crippen molar-refractivity contribution in [1.82, 2.24) is 4.98 Å². The van der Waals surface area contributed by atoms with E-state index in [0.29, 0.717) is 11.3 Å². The highest BCUT2D eigenvalue weighted by atomic mass is 16.6. The van der Waals surface area contributed by atoms with Crippen LogP contribution in [0.3, 0.4) is 0 Å². The van der Waals surface area contributed by atoms with E-state index in [1.807, 2.05) is 0 Å². The van der Waals surface area contributed by atoms with Crippen LogP contribution >= 0.6 is 0 Å². The van der Waals surface area contributed by atoms with Crippen molar-refractivity contribution >= 4 is 11.7 Å². The maximum Gasteiger partial charge on any atom is 0.341 e. The van der Waals surface area contributed by atoms with E-state index in [1.54, 1.807) is 13.0 Å².